The second-order valence-corrected chi connectivity index (χ2v) is 5.32. The Kier molecular flexibility index (Phi) is 3.07. The van der Waals surface area contributed by atoms with Crippen LogP contribution in [-0.4, -0.2) is 10.1 Å². The van der Waals surface area contributed by atoms with Crippen molar-refractivity contribution in [3.63, 3.8) is 0 Å². The van der Waals surface area contributed by atoms with Gasteiger partial charge in [-0.05, 0) is 35.2 Å². The van der Waals surface area contributed by atoms with E-state index in [-0.39, 0.29) is 16.9 Å². The first-order valence-electron chi connectivity index (χ1n) is 5.84. The van der Waals surface area contributed by atoms with Gasteiger partial charge in [-0.1, -0.05) is 26.8 Å². The number of pyridine rings is 1. The molecule has 0 amide bonds. The molecule has 0 aliphatic rings. The third kappa shape index (κ3) is 2.35. The summed E-state index contributed by atoms with van der Waals surface area (Å²) in [5.41, 5.74) is 1.58. The molecule has 94 valence electrons. The van der Waals surface area contributed by atoms with Gasteiger partial charge in [0.05, 0.1) is 0 Å². The molecule has 0 atom stereocenters. The Morgan fingerprint density at radius 3 is 2.50 bits per heavy atom. The number of aromatic hydroxyl groups is 1. The quantitative estimate of drug-likeness (QED) is 0.826. The van der Waals surface area contributed by atoms with Gasteiger partial charge in [0.2, 0.25) is 0 Å². The van der Waals surface area contributed by atoms with Crippen LogP contribution in [0, 0.1) is 5.82 Å². The van der Waals surface area contributed by atoms with Crippen LogP contribution in [0.1, 0.15) is 26.3 Å². The third-order valence-electron chi connectivity index (χ3n) is 2.88. The molecule has 2 nitrogen and oxygen atoms in total. The minimum absolute atomic E-state index is 0.0422. The first-order valence-corrected chi connectivity index (χ1v) is 5.84. The van der Waals surface area contributed by atoms with E-state index >= 15 is 0 Å². The SMILES string of the molecule is CC(C)(C)c1ccc(O)c(-c2ncccc2F)c1. The summed E-state index contributed by atoms with van der Waals surface area (Å²) in [6.07, 6.45) is 1.52. The summed E-state index contributed by atoms with van der Waals surface area (Å²) in [5.74, 6) is -0.389. The van der Waals surface area contributed by atoms with E-state index < -0.39 is 5.82 Å². The molecule has 1 aromatic carbocycles. The Hall–Kier alpha value is -1.90. The fourth-order valence-corrected chi connectivity index (χ4v) is 1.78. The molecule has 0 bridgehead atoms. The van der Waals surface area contributed by atoms with Gasteiger partial charge in [0, 0.05) is 11.8 Å². The third-order valence-corrected chi connectivity index (χ3v) is 2.88. The highest BCUT2D eigenvalue weighted by Gasteiger charge is 2.17. The fraction of sp³-hybridized carbons (Fsp3) is 0.267. The first-order chi connectivity index (χ1) is 8.39. The monoisotopic (exact) mass is 245 g/mol. The maximum atomic E-state index is 13.7. The van der Waals surface area contributed by atoms with Crippen LogP contribution < -0.4 is 0 Å². The summed E-state index contributed by atoms with van der Waals surface area (Å²) < 4.78 is 13.7. The largest absolute Gasteiger partial charge is 0.507 e. The van der Waals surface area contributed by atoms with Crippen LogP contribution in [-0.2, 0) is 5.41 Å². The summed E-state index contributed by atoms with van der Waals surface area (Å²) >= 11 is 0. The van der Waals surface area contributed by atoms with Gasteiger partial charge in [0.15, 0.2) is 0 Å². The van der Waals surface area contributed by atoms with Crippen molar-refractivity contribution in [2.24, 2.45) is 0 Å². The van der Waals surface area contributed by atoms with Gasteiger partial charge in [0.1, 0.15) is 17.3 Å². The zero-order valence-electron chi connectivity index (χ0n) is 10.7. The van der Waals surface area contributed by atoms with Crippen molar-refractivity contribution < 1.29 is 9.50 Å². The summed E-state index contributed by atoms with van der Waals surface area (Å²) in [7, 11) is 0. The Morgan fingerprint density at radius 2 is 1.89 bits per heavy atom. The second-order valence-electron chi connectivity index (χ2n) is 5.32. The lowest BCUT2D eigenvalue weighted by Crippen LogP contribution is -2.11. The smallest absolute Gasteiger partial charge is 0.149 e. The Morgan fingerprint density at radius 1 is 1.17 bits per heavy atom. The van der Waals surface area contributed by atoms with E-state index in [2.05, 4.69) is 25.8 Å². The van der Waals surface area contributed by atoms with Gasteiger partial charge >= 0.3 is 0 Å². The molecule has 1 heterocycles. The van der Waals surface area contributed by atoms with E-state index in [0.29, 0.717) is 5.56 Å². The minimum atomic E-state index is -0.432. The number of phenols is 1. The van der Waals surface area contributed by atoms with E-state index in [0.717, 1.165) is 5.56 Å². The number of phenolic OH excluding ortho intramolecular Hbond substituents is 1. The van der Waals surface area contributed by atoms with E-state index in [1.807, 2.05) is 6.07 Å². The highest BCUT2D eigenvalue weighted by atomic mass is 19.1. The van der Waals surface area contributed by atoms with E-state index in [9.17, 15) is 9.50 Å². The van der Waals surface area contributed by atoms with Gasteiger partial charge in [-0.25, -0.2) is 4.39 Å². The van der Waals surface area contributed by atoms with Crippen LogP contribution in [0.25, 0.3) is 11.3 Å². The molecule has 1 aromatic heterocycles. The van der Waals surface area contributed by atoms with Crippen molar-refractivity contribution in [1.29, 1.82) is 0 Å². The van der Waals surface area contributed by atoms with Gasteiger partial charge < -0.3 is 5.11 Å². The number of halogens is 1. The number of hydrogen-bond donors (Lipinski definition) is 1. The lowest BCUT2D eigenvalue weighted by Gasteiger charge is -2.20. The Bertz CT molecular complexity index is 573. The molecule has 1 N–H and O–H groups in total. The van der Waals surface area contributed by atoms with Gasteiger partial charge in [-0.2, -0.15) is 0 Å². The minimum Gasteiger partial charge on any atom is -0.507 e. The van der Waals surface area contributed by atoms with Crippen molar-refractivity contribution in [2.75, 3.05) is 0 Å². The first kappa shape index (κ1) is 12.6. The van der Waals surface area contributed by atoms with E-state index in [1.165, 1.54) is 18.3 Å². The predicted molar refractivity (Wildman–Crippen MR) is 70.0 cm³/mol. The molecule has 0 saturated heterocycles. The molecule has 0 aliphatic heterocycles. The number of aromatic nitrogens is 1. The normalized spacial score (nSPS) is 11.6. The van der Waals surface area contributed by atoms with Crippen LogP contribution in [0.5, 0.6) is 5.75 Å². The fourth-order valence-electron chi connectivity index (χ4n) is 1.78. The maximum absolute atomic E-state index is 13.7. The highest BCUT2D eigenvalue weighted by molar-refractivity contribution is 5.68. The average molecular weight is 245 g/mol. The lowest BCUT2D eigenvalue weighted by molar-refractivity contribution is 0.475. The Labute approximate surface area is 106 Å². The molecule has 0 spiro atoms. The summed E-state index contributed by atoms with van der Waals surface area (Å²) in [6.45, 7) is 6.20. The van der Waals surface area contributed by atoms with Crippen molar-refractivity contribution in [2.45, 2.75) is 26.2 Å². The van der Waals surface area contributed by atoms with Crippen molar-refractivity contribution >= 4 is 0 Å². The molecule has 18 heavy (non-hydrogen) atoms. The summed E-state index contributed by atoms with van der Waals surface area (Å²) in [6, 6.07) is 8.10. The van der Waals surface area contributed by atoms with Crippen molar-refractivity contribution in [3.05, 3.63) is 47.9 Å². The molecule has 0 fully saturated rings. The maximum Gasteiger partial charge on any atom is 0.149 e. The molecule has 0 radical (unpaired) electrons. The molecule has 2 rings (SSSR count). The number of rotatable bonds is 1. The van der Waals surface area contributed by atoms with Gasteiger partial charge in [-0.3, -0.25) is 4.98 Å². The Balaban J connectivity index is 2.61. The van der Waals surface area contributed by atoms with E-state index in [1.54, 1.807) is 12.1 Å². The number of benzene rings is 1. The zero-order valence-corrected chi connectivity index (χ0v) is 10.7. The van der Waals surface area contributed by atoms with Crippen molar-refractivity contribution in [3.8, 4) is 17.0 Å². The molecule has 0 unspecified atom stereocenters. The highest BCUT2D eigenvalue weighted by Crippen LogP contribution is 2.33. The molecular weight excluding hydrogens is 229 g/mol. The van der Waals surface area contributed by atoms with Crippen LogP contribution in [0.2, 0.25) is 0 Å². The second kappa shape index (κ2) is 4.41. The molecule has 3 heteroatoms. The number of hydrogen-bond acceptors (Lipinski definition) is 2. The summed E-state index contributed by atoms with van der Waals surface area (Å²) in [5, 5.41) is 9.87. The van der Waals surface area contributed by atoms with Crippen LogP contribution in [0.4, 0.5) is 4.39 Å². The van der Waals surface area contributed by atoms with Gasteiger partial charge in [-0.15, -0.1) is 0 Å². The molecule has 0 saturated carbocycles. The lowest BCUT2D eigenvalue weighted by atomic mass is 9.85. The van der Waals surface area contributed by atoms with E-state index in [4.69, 9.17) is 0 Å². The predicted octanol–water partition coefficient (Wildman–Crippen LogP) is 3.89. The van der Waals surface area contributed by atoms with Crippen LogP contribution in [0.3, 0.4) is 0 Å². The van der Waals surface area contributed by atoms with Crippen LogP contribution in [0.15, 0.2) is 36.5 Å². The average Bonchev–Trinajstić information content (AvgIpc) is 2.29. The van der Waals surface area contributed by atoms with Crippen LogP contribution >= 0.6 is 0 Å². The zero-order chi connectivity index (χ0) is 13.3. The standard InChI is InChI=1S/C15H16FNO/c1-15(2,3)10-6-7-13(18)11(9-10)14-12(16)5-4-8-17-14/h4-9,18H,1-3H3. The summed E-state index contributed by atoms with van der Waals surface area (Å²) in [4.78, 5) is 4.00. The topological polar surface area (TPSA) is 33.1 Å². The van der Waals surface area contributed by atoms with Crippen molar-refractivity contribution in [1.82, 2.24) is 4.98 Å². The molecule has 0 aliphatic carbocycles. The molecule has 2 aromatic rings. The molecular formula is C15H16FNO. The van der Waals surface area contributed by atoms with Gasteiger partial charge in [0.25, 0.3) is 0 Å². The number of nitrogens with zero attached hydrogens (tertiary/aromatic N) is 1.